The molecule has 2 aromatic carbocycles. The van der Waals surface area contributed by atoms with Crippen LogP contribution in [0.5, 0.6) is 5.75 Å². The topological polar surface area (TPSA) is 89.7 Å². The SMILES string of the molecule is CC1(C)CC(c2nc(Cc3nc(-c4ccccc4)n[nH]3)no2)c2ccccc2O1. The van der Waals surface area contributed by atoms with Crippen molar-refractivity contribution in [3.05, 3.63) is 77.7 Å². The molecular weight excluding hydrogens is 366 g/mol. The van der Waals surface area contributed by atoms with Gasteiger partial charge in [0.05, 0.1) is 12.3 Å². The molecule has 1 N–H and O–H groups in total. The van der Waals surface area contributed by atoms with Crippen molar-refractivity contribution in [1.29, 1.82) is 0 Å². The molecule has 0 spiro atoms. The quantitative estimate of drug-likeness (QED) is 0.566. The Kier molecular flexibility index (Phi) is 4.16. The molecule has 7 heteroatoms. The molecule has 1 aliphatic heterocycles. The number of ether oxygens (including phenoxy) is 1. The highest BCUT2D eigenvalue weighted by atomic mass is 16.5. The summed E-state index contributed by atoms with van der Waals surface area (Å²) in [4.78, 5) is 9.20. The van der Waals surface area contributed by atoms with Crippen LogP contribution >= 0.6 is 0 Å². The van der Waals surface area contributed by atoms with Crippen LogP contribution in [0, 0.1) is 0 Å². The van der Waals surface area contributed by atoms with Gasteiger partial charge in [0.15, 0.2) is 11.6 Å². The standard InChI is InChI=1S/C22H21N5O2/c1-22(2)13-16(15-10-6-7-11-17(15)28-22)21-24-19(27-29-21)12-18-23-20(26-25-18)14-8-4-3-5-9-14/h3-11,16H,12-13H2,1-2H3,(H,23,25,26). The van der Waals surface area contributed by atoms with Crippen molar-refractivity contribution < 1.29 is 9.26 Å². The van der Waals surface area contributed by atoms with Crippen LogP contribution < -0.4 is 4.74 Å². The Labute approximate surface area is 168 Å². The summed E-state index contributed by atoms with van der Waals surface area (Å²) < 4.78 is 11.7. The zero-order valence-electron chi connectivity index (χ0n) is 16.3. The van der Waals surface area contributed by atoms with Gasteiger partial charge in [-0.3, -0.25) is 5.10 Å². The van der Waals surface area contributed by atoms with Gasteiger partial charge in [0, 0.05) is 17.5 Å². The Morgan fingerprint density at radius 2 is 1.83 bits per heavy atom. The fraction of sp³-hybridized carbons (Fsp3) is 0.273. The Balaban J connectivity index is 1.39. The summed E-state index contributed by atoms with van der Waals surface area (Å²) in [6.45, 7) is 4.15. The minimum atomic E-state index is -0.302. The fourth-order valence-electron chi connectivity index (χ4n) is 3.74. The second-order valence-corrected chi connectivity index (χ2v) is 7.85. The van der Waals surface area contributed by atoms with Crippen molar-refractivity contribution in [2.45, 2.75) is 38.2 Å². The number of aromatic nitrogens is 5. The summed E-state index contributed by atoms with van der Waals surface area (Å²) >= 11 is 0. The molecule has 4 aromatic rings. The van der Waals surface area contributed by atoms with Gasteiger partial charge in [-0.05, 0) is 19.9 Å². The first-order valence-corrected chi connectivity index (χ1v) is 9.64. The van der Waals surface area contributed by atoms with E-state index < -0.39 is 0 Å². The largest absolute Gasteiger partial charge is 0.488 e. The predicted octanol–water partition coefficient (Wildman–Crippen LogP) is 4.14. The Bertz CT molecular complexity index is 1130. The molecule has 3 heterocycles. The minimum Gasteiger partial charge on any atom is -0.488 e. The van der Waals surface area contributed by atoms with Crippen LogP contribution in [-0.4, -0.2) is 30.9 Å². The molecule has 0 fully saturated rings. The summed E-state index contributed by atoms with van der Waals surface area (Å²) in [5, 5.41) is 11.4. The van der Waals surface area contributed by atoms with Gasteiger partial charge in [0.2, 0.25) is 5.89 Å². The number of aromatic amines is 1. The second kappa shape index (κ2) is 6.84. The van der Waals surface area contributed by atoms with E-state index in [-0.39, 0.29) is 11.5 Å². The normalized spacial score (nSPS) is 17.5. The van der Waals surface area contributed by atoms with Gasteiger partial charge in [-0.25, -0.2) is 4.98 Å². The highest BCUT2D eigenvalue weighted by molar-refractivity contribution is 5.53. The third-order valence-corrected chi connectivity index (χ3v) is 5.05. The first-order chi connectivity index (χ1) is 14.1. The number of para-hydroxylation sites is 1. The molecule has 1 aliphatic rings. The molecule has 0 radical (unpaired) electrons. The molecule has 7 nitrogen and oxygen atoms in total. The Morgan fingerprint density at radius 3 is 2.69 bits per heavy atom. The maximum Gasteiger partial charge on any atom is 0.234 e. The highest BCUT2D eigenvalue weighted by Crippen LogP contribution is 2.43. The molecule has 5 rings (SSSR count). The van der Waals surface area contributed by atoms with E-state index in [0.717, 1.165) is 23.3 Å². The number of rotatable bonds is 4. The summed E-state index contributed by atoms with van der Waals surface area (Å²) in [5.74, 6) is 3.42. The van der Waals surface area contributed by atoms with Crippen molar-refractivity contribution in [2.75, 3.05) is 0 Å². The number of fused-ring (bicyclic) bond motifs is 1. The second-order valence-electron chi connectivity index (χ2n) is 7.85. The number of nitrogens with one attached hydrogen (secondary N) is 1. The van der Waals surface area contributed by atoms with Gasteiger partial charge < -0.3 is 9.26 Å². The smallest absolute Gasteiger partial charge is 0.234 e. The Morgan fingerprint density at radius 1 is 1.03 bits per heavy atom. The first-order valence-electron chi connectivity index (χ1n) is 9.64. The lowest BCUT2D eigenvalue weighted by Crippen LogP contribution is -2.35. The van der Waals surface area contributed by atoms with E-state index in [1.54, 1.807) is 0 Å². The number of H-pyrrole nitrogens is 1. The average Bonchev–Trinajstić information content (AvgIpc) is 3.37. The molecule has 0 saturated carbocycles. The van der Waals surface area contributed by atoms with E-state index in [0.29, 0.717) is 29.8 Å². The highest BCUT2D eigenvalue weighted by Gasteiger charge is 2.37. The molecule has 0 amide bonds. The van der Waals surface area contributed by atoms with Crippen LogP contribution in [0.2, 0.25) is 0 Å². The molecule has 2 aromatic heterocycles. The van der Waals surface area contributed by atoms with E-state index >= 15 is 0 Å². The summed E-state index contributed by atoms with van der Waals surface area (Å²) in [7, 11) is 0. The van der Waals surface area contributed by atoms with Crippen LogP contribution in [0.25, 0.3) is 11.4 Å². The summed E-state index contributed by atoms with van der Waals surface area (Å²) in [6, 6.07) is 17.9. The van der Waals surface area contributed by atoms with Gasteiger partial charge in [0.25, 0.3) is 0 Å². The molecule has 146 valence electrons. The lowest BCUT2D eigenvalue weighted by Gasteiger charge is -2.36. The van der Waals surface area contributed by atoms with E-state index in [1.807, 2.05) is 48.5 Å². The van der Waals surface area contributed by atoms with Crippen LogP contribution in [0.15, 0.2) is 59.1 Å². The zero-order valence-corrected chi connectivity index (χ0v) is 16.3. The molecule has 0 bridgehead atoms. The summed E-state index contributed by atoms with van der Waals surface area (Å²) in [5.41, 5.74) is 1.74. The van der Waals surface area contributed by atoms with Gasteiger partial charge >= 0.3 is 0 Å². The lowest BCUT2D eigenvalue weighted by molar-refractivity contribution is 0.0725. The van der Waals surface area contributed by atoms with Crippen LogP contribution in [-0.2, 0) is 6.42 Å². The van der Waals surface area contributed by atoms with Crippen molar-refractivity contribution >= 4 is 0 Å². The number of hydrogen-bond donors (Lipinski definition) is 1. The van der Waals surface area contributed by atoms with Crippen LogP contribution in [0.4, 0.5) is 0 Å². The van der Waals surface area contributed by atoms with Crippen molar-refractivity contribution in [3.63, 3.8) is 0 Å². The van der Waals surface area contributed by atoms with Crippen molar-refractivity contribution in [3.8, 4) is 17.1 Å². The monoisotopic (exact) mass is 387 g/mol. The van der Waals surface area contributed by atoms with Crippen LogP contribution in [0.3, 0.4) is 0 Å². The van der Waals surface area contributed by atoms with Crippen LogP contribution in [0.1, 0.15) is 49.3 Å². The molecular formula is C22H21N5O2. The fourth-order valence-corrected chi connectivity index (χ4v) is 3.74. The first kappa shape index (κ1) is 17.6. The lowest BCUT2D eigenvalue weighted by atomic mass is 9.84. The maximum absolute atomic E-state index is 6.11. The summed E-state index contributed by atoms with van der Waals surface area (Å²) in [6.07, 6.45) is 1.20. The Hall–Kier alpha value is -3.48. The third kappa shape index (κ3) is 3.51. The molecule has 0 aliphatic carbocycles. The van der Waals surface area contributed by atoms with Crippen molar-refractivity contribution in [1.82, 2.24) is 25.3 Å². The van der Waals surface area contributed by atoms with Gasteiger partial charge in [-0.2, -0.15) is 10.1 Å². The van der Waals surface area contributed by atoms with E-state index in [9.17, 15) is 0 Å². The third-order valence-electron chi connectivity index (χ3n) is 5.05. The predicted molar refractivity (Wildman–Crippen MR) is 107 cm³/mol. The molecule has 0 saturated heterocycles. The number of hydrogen-bond acceptors (Lipinski definition) is 6. The average molecular weight is 387 g/mol. The van der Waals surface area contributed by atoms with Gasteiger partial charge in [-0.1, -0.05) is 53.7 Å². The zero-order chi connectivity index (χ0) is 19.8. The molecule has 1 atom stereocenters. The van der Waals surface area contributed by atoms with E-state index in [2.05, 4.69) is 45.2 Å². The molecule has 1 unspecified atom stereocenters. The van der Waals surface area contributed by atoms with Gasteiger partial charge in [-0.15, -0.1) is 0 Å². The van der Waals surface area contributed by atoms with Gasteiger partial charge in [0.1, 0.15) is 17.2 Å². The van der Waals surface area contributed by atoms with E-state index in [1.165, 1.54) is 0 Å². The number of benzene rings is 2. The number of nitrogens with zero attached hydrogens (tertiary/aromatic N) is 4. The van der Waals surface area contributed by atoms with E-state index in [4.69, 9.17) is 9.26 Å². The van der Waals surface area contributed by atoms with Crippen molar-refractivity contribution in [2.24, 2.45) is 0 Å². The minimum absolute atomic E-state index is 0.00538. The molecule has 29 heavy (non-hydrogen) atoms. The maximum atomic E-state index is 6.11.